The van der Waals surface area contributed by atoms with Gasteiger partial charge in [0.05, 0.1) is 0 Å². The smallest absolute Gasteiger partial charge is 0.00494 e. The van der Waals surface area contributed by atoms with E-state index < -0.39 is 0 Å². The molecule has 0 aromatic rings. The Bertz CT molecular complexity index is 144. The van der Waals surface area contributed by atoms with Crippen LogP contribution in [0.5, 0.6) is 0 Å². The van der Waals surface area contributed by atoms with E-state index in [1.807, 2.05) is 0 Å². The Hall–Kier alpha value is -0.0400. The molecule has 0 aliphatic heterocycles. The SMILES string of the molecule is CCCCCC(CCC)CCC(C)CCNC. The first kappa shape index (κ1) is 17.0. The Morgan fingerprint density at radius 3 is 2.18 bits per heavy atom. The van der Waals surface area contributed by atoms with Crippen molar-refractivity contribution in [3.63, 3.8) is 0 Å². The molecule has 2 atom stereocenters. The van der Waals surface area contributed by atoms with Crippen LogP contribution >= 0.6 is 0 Å². The molecule has 0 saturated carbocycles. The zero-order chi connectivity index (χ0) is 12.9. The van der Waals surface area contributed by atoms with E-state index in [4.69, 9.17) is 0 Å². The van der Waals surface area contributed by atoms with Gasteiger partial charge in [-0.05, 0) is 31.8 Å². The van der Waals surface area contributed by atoms with E-state index in [9.17, 15) is 0 Å². The van der Waals surface area contributed by atoms with Gasteiger partial charge < -0.3 is 5.32 Å². The zero-order valence-corrected chi connectivity index (χ0v) is 12.7. The number of hydrogen-bond acceptors (Lipinski definition) is 1. The summed E-state index contributed by atoms with van der Waals surface area (Å²) in [5, 5.41) is 3.25. The summed E-state index contributed by atoms with van der Waals surface area (Å²) in [6.07, 6.45) is 12.7. The normalized spacial score (nSPS) is 14.8. The van der Waals surface area contributed by atoms with Crippen LogP contribution in [0.4, 0.5) is 0 Å². The summed E-state index contributed by atoms with van der Waals surface area (Å²) in [6.45, 7) is 8.22. The van der Waals surface area contributed by atoms with Crippen LogP contribution in [0.3, 0.4) is 0 Å². The largest absolute Gasteiger partial charge is 0.320 e. The van der Waals surface area contributed by atoms with Crippen molar-refractivity contribution in [2.45, 2.75) is 78.6 Å². The molecule has 104 valence electrons. The lowest BCUT2D eigenvalue weighted by molar-refractivity contribution is 0.347. The molecule has 0 saturated heterocycles. The van der Waals surface area contributed by atoms with E-state index in [2.05, 4.69) is 33.1 Å². The van der Waals surface area contributed by atoms with E-state index in [1.165, 1.54) is 64.3 Å². The fraction of sp³-hybridized carbons (Fsp3) is 1.00. The molecule has 0 rings (SSSR count). The molecule has 1 heteroatoms. The number of rotatable bonds is 12. The second kappa shape index (κ2) is 12.4. The van der Waals surface area contributed by atoms with Crippen molar-refractivity contribution >= 4 is 0 Å². The molecule has 0 heterocycles. The maximum absolute atomic E-state index is 3.25. The average Bonchev–Trinajstić information content (AvgIpc) is 2.33. The van der Waals surface area contributed by atoms with Gasteiger partial charge in [0.1, 0.15) is 0 Å². The molecule has 0 aliphatic rings. The lowest BCUT2D eigenvalue weighted by atomic mass is 9.88. The van der Waals surface area contributed by atoms with Gasteiger partial charge in [-0.15, -0.1) is 0 Å². The van der Waals surface area contributed by atoms with Gasteiger partial charge in [-0.3, -0.25) is 0 Å². The average molecular weight is 241 g/mol. The van der Waals surface area contributed by atoms with Crippen LogP contribution in [0.2, 0.25) is 0 Å². The topological polar surface area (TPSA) is 12.0 Å². The molecule has 0 bridgehead atoms. The number of unbranched alkanes of at least 4 members (excludes halogenated alkanes) is 2. The van der Waals surface area contributed by atoms with Crippen molar-refractivity contribution in [3.8, 4) is 0 Å². The van der Waals surface area contributed by atoms with Gasteiger partial charge in [-0.1, -0.05) is 72.1 Å². The molecule has 0 fully saturated rings. The molecule has 0 spiro atoms. The minimum Gasteiger partial charge on any atom is -0.320 e. The molecular weight excluding hydrogens is 206 g/mol. The Labute approximate surface area is 110 Å². The van der Waals surface area contributed by atoms with Gasteiger partial charge >= 0.3 is 0 Å². The summed E-state index contributed by atoms with van der Waals surface area (Å²) in [5.74, 6) is 1.90. The third kappa shape index (κ3) is 10.8. The van der Waals surface area contributed by atoms with Gasteiger partial charge in [0.2, 0.25) is 0 Å². The van der Waals surface area contributed by atoms with E-state index >= 15 is 0 Å². The first-order chi connectivity index (χ1) is 8.24. The third-order valence-electron chi connectivity index (χ3n) is 3.87. The Balaban J connectivity index is 3.66. The molecule has 17 heavy (non-hydrogen) atoms. The highest BCUT2D eigenvalue weighted by Crippen LogP contribution is 2.23. The highest BCUT2D eigenvalue weighted by molar-refractivity contribution is 4.63. The summed E-state index contributed by atoms with van der Waals surface area (Å²) in [4.78, 5) is 0. The lowest BCUT2D eigenvalue weighted by Crippen LogP contribution is -2.12. The second-order valence-electron chi connectivity index (χ2n) is 5.73. The first-order valence-corrected chi connectivity index (χ1v) is 7.89. The van der Waals surface area contributed by atoms with Gasteiger partial charge in [0.15, 0.2) is 0 Å². The monoisotopic (exact) mass is 241 g/mol. The van der Waals surface area contributed by atoms with Crippen molar-refractivity contribution in [1.29, 1.82) is 0 Å². The summed E-state index contributed by atoms with van der Waals surface area (Å²) in [5.41, 5.74) is 0. The van der Waals surface area contributed by atoms with Gasteiger partial charge in [-0.25, -0.2) is 0 Å². The van der Waals surface area contributed by atoms with Crippen LogP contribution in [-0.2, 0) is 0 Å². The summed E-state index contributed by atoms with van der Waals surface area (Å²) >= 11 is 0. The van der Waals surface area contributed by atoms with Crippen LogP contribution in [-0.4, -0.2) is 13.6 Å². The molecule has 0 amide bonds. The van der Waals surface area contributed by atoms with Crippen molar-refractivity contribution in [2.75, 3.05) is 13.6 Å². The zero-order valence-electron chi connectivity index (χ0n) is 12.7. The molecule has 1 N–H and O–H groups in total. The first-order valence-electron chi connectivity index (χ1n) is 7.89. The number of hydrogen-bond donors (Lipinski definition) is 1. The maximum Gasteiger partial charge on any atom is -0.00494 e. The van der Waals surface area contributed by atoms with Crippen molar-refractivity contribution in [3.05, 3.63) is 0 Å². The molecule has 1 nitrogen and oxygen atoms in total. The van der Waals surface area contributed by atoms with Gasteiger partial charge in [-0.2, -0.15) is 0 Å². The molecule has 0 aliphatic carbocycles. The second-order valence-corrected chi connectivity index (χ2v) is 5.73. The van der Waals surface area contributed by atoms with E-state index in [0.717, 1.165) is 11.8 Å². The van der Waals surface area contributed by atoms with Crippen LogP contribution in [0, 0.1) is 11.8 Å². The minimum absolute atomic E-state index is 0.896. The highest BCUT2D eigenvalue weighted by Gasteiger charge is 2.10. The quantitative estimate of drug-likeness (QED) is 0.474. The third-order valence-corrected chi connectivity index (χ3v) is 3.87. The van der Waals surface area contributed by atoms with Crippen LogP contribution in [0.15, 0.2) is 0 Å². The van der Waals surface area contributed by atoms with E-state index in [1.54, 1.807) is 0 Å². The predicted octanol–water partition coefficient (Wildman–Crippen LogP) is 5.01. The van der Waals surface area contributed by atoms with Crippen molar-refractivity contribution in [2.24, 2.45) is 11.8 Å². The minimum atomic E-state index is 0.896. The fourth-order valence-electron chi connectivity index (χ4n) is 2.58. The molecule has 0 aromatic heterocycles. The van der Waals surface area contributed by atoms with Gasteiger partial charge in [0.25, 0.3) is 0 Å². The number of nitrogens with one attached hydrogen (secondary N) is 1. The summed E-state index contributed by atoms with van der Waals surface area (Å²) in [7, 11) is 2.05. The standard InChI is InChI=1S/C16H35N/c1-5-7-8-10-16(9-6-2)12-11-15(3)13-14-17-4/h15-17H,5-14H2,1-4H3. The van der Waals surface area contributed by atoms with Crippen LogP contribution in [0.25, 0.3) is 0 Å². The molecule has 0 radical (unpaired) electrons. The summed E-state index contributed by atoms with van der Waals surface area (Å²) < 4.78 is 0. The summed E-state index contributed by atoms with van der Waals surface area (Å²) in [6, 6.07) is 0. The predicted molar refractivity (Wildman–Crippen MR) is 79.5 cm³/mol. The van der Waals surface area contributed by atoms with E-state index in [-0.39, 0.29) is 0 Å². The Morgan fingerprint density at radius 1 is 0.824 bits per heavy atom. The molecule has 0 aromatic carbocycles. The van der Waals surface area contributed by atoms with Crippen molar-refractivity contribution in [1.82, 2.24) is 5.32 Å². The highest BCUT2D eigenvalue weighted by atomic mass is 14.8. The van der Waals surface area contributed by atoms with Crippen molar-refractivity contribution < 1.29 is 0 Å². The van der Waals surface area contributed by atoms with Gasteiger partial charge in [0, 0.05) is 0 Å². The Kier molecular flexibility index (Phi) is 12.4. The van der Waals surface area contributed by atoms with Crippen LogP contribution in [0.1, 0.15) is 78.6 Å². The Morgan fingerprint density at radius 2 is 1.59 bits per heavy atom. The molecule has 2 unspecified atom stereocenters. The maximum atomic E-state index is 3.25. The van der Waals surface area contributed by atoms with E-state index in [0.29, 0.717) is 0 Å². The fourth-order valence-corrected chi connectivity index (χ4v) is 2.58. The molecular formula is C16H35N. The van der Waals surface area contributed by atoms with Crippen LogP contribution < -0.4 is 5.32 Å². The lowest BCUT2D eigenvalue weighted by Gasteiger charge is -2.18.